The van der Waals surface area contributed by atoms with Crippen molar-refractivity contribution in [1.82, 2.24) is 77.4 Å². The molecule has 1 saturated carbocycles. The number of carbonyl (C=O) groups excluding carboxylic acids is 17. The lowest BCUT2D eigenvalue weighted by Gasteiger charge is -2.36. The Hall–Kier alpha value is -13.5. The molecule has 14 amide bonds. The number of rotatable bonds is 30. The van der Waals surface area contributed by atoms with Crippen LogP contribution in [0.5, 0.6) is 5.75 Å². The van der Waals surface area contributed by atoms with Gasteiger partial charge in [-0.05, 0) is 131 Å². The number of hydrogen-bond acceptors (Lipinski definition) is 24. The topological polar surface area (TPSA) is 650 Å². The van der Waals surface area contributed by atoms with Gasteiger partial charge in [0.05, 0.1) is 49.4 Å². The van der Waals surface area contributed by atoms with Gasteiger partial charge in [0.15, 0.2) is 23.3 Å². The number of aromatic amines is 2. The molecule has 0 spiro atoms. The van der Waals surface area contributed by atoms with Gasteiger partial charge in [-0.2, -0.15) is 0 Å². The first kappa shape index (κ1) is 109. The van der Waals surface area contributed by atoms with Gasteiger partial charge >= 0.3 is 5.97 Å². The summed E-state index contributed by atoms with van der Waals surface area (Å²) in [7, 11) is 5.43. The molecule has 1 aliphatic carbocycles. The number of methoxy groups -OCH3 is 1. The number of aliphatic carboxylic acids is 1. The number of likely N-dealkylation sites (N-methyl/N-ethyl adjacent to an activating group) is 3. The molecule has 3 fully saturated rings. The standard InChI is InChI=1S/C96H133N21O21S/c1-8-10-23-75-90(132)108-68(22-16-37-103-96(100)101)88(130)113-74(78(119)31-32-80(98)121)51-139-52-82(123)106-71(40-54-26-28-60(138-7)29-27-54)92(134)114(4)53(3)85(127)111-73(47-81(99)122)94(136)117-39-17-25-76(117)91(133)110-70(41-55-35-38-102-48-55)89(131)107-67(30-33-83(124)125)84(126)63-45-59(118)46-64(63)87(129)109-69(42-57-49-104-65-20-14-12-18-61(57)65)79(120)44-56(34-36-97)86(128)112-72(43-58-50-105-66-21-15-13-19-62(58)66)93(135)116(6)77(24-11-9-2)95(137)115(75)5/h12-15,18-21,26-29,38,48-50,53,56,59,63-64,67-77,104-105,118H,8-11,16-17,22-25,30-37,39-47,51-52,97H2,1-7H3,(H2,98,121)(H2,99,122)(H,106,123)(H,107,131)(H,108,132)(H,109,129)(H,110,133)(H,111,127)(H,112,128)(H,113,130)(H,124,125)(H4,100,101,103)/t53-,56+,59-,63?,64+,67-,68-,69-,70-,71-,72-,73-,74-,75-,76-,77-/m0/s1. The van der Waals surface area contributed by atoms with Crippen LogP contribution in [0.3, 0.4) is 0 Å². The van der Waals surface area contributed by atoms with Crippen molar-refractivity contribution in [3.05, 3.63) is 114 Å². The summed E-state index contributed by atoms with van der Waals surface area (Å²) in [5, 5.41) is 55.4. The smallest absolute Gasteiger partial charge is 0.303 e. The predicted molar refractivity (Wildman–Crippen MR) is 516 cm³/mol. The fourth-order valence-corrected chi connectivity index (χ4v) is 18.9. The van der Waals surface area contributed by atoms with E-state index in [-0.39, 0.29) is 109 Å². The number of para-hydroxylation sites is 2. The largest absolute Gasteiger partial charge is 0.497 e. The van der Waals surface area contributed by atoms with Crippen LogP contribution < -0.4 is 75.5 Å². The van der Waals surface area contributed by atoms with Crippen LogP contribution in [0.4, 0.5) is 0 Å². The number of thioether (sulfide) groups is 1. The number of fused-ring (bicyclic) bond motifs is 4. The molecule has 3 aromatic carbocycles. The molecule has 0 bridgehead atoms. The second-order valence-corrected chi connectivity index (χ2v) is 37.0. The van der Waals surface area contributed by atoms with E-state index in [1.54, 1.807) is 85.2 Å². The van der Waals surface area contributed by atoms with Crippen LogP contribution in [0.1, 0.15) is 172 Å². The minimum Gasteiger partial charge on any atom is -0.497 e. The van der Waals surface area contributed by atoms with E-state index in [0.29, 0.717) is 75.5 Å². The Balaban J connectivity index is 1.11. The molecule has 1 unspecified atom stereocenters. The van der Waals surface area contributed by atoms with Gasteiger partial charge in [-0.15, -0.1) is 11.8 Å². The highest BCUT2D eigenvalue weighted by atomic mass is 32.2. The fourth-order valence-electron chi connectivity index (χ4n) is 18.0. The van der Waals surface area contributed by atoms with E-state index >= 15 is 43.2 Å². The first-order valence-corrected chi connectivity index (χ1v) is 48.4. The lowest BCUT2D eigenvalue weighted by Crippen LogP contribution is -2.59. The monoisotopic (exact) mass is 1950 g/mol. The van der Waals surface area contributed by atoms with Gasteiger partial charge in [0, 0.05) is 150 Å². The number of unbranched alkanes of at least 4 members (excludes halogenated alkanes) is 2. The van der Waals surface area contributed by atoms with Crippen molar-refractivity contribution in [2.45, 2.75) is 253 Å². The predicted octanol–water partition coefficient (Wildman–Crippen LogP) is 0.650. The number of nitrogens with zero attached hydrogens (tertiary/aromatic N) is 5. The molecule has 22 N–H and O–H groups in total. The van der Waals surface area contributed by atoms with Gasteiger partial charge in [-0.25, -0.2) is 0 Å². The molecule has 5 aromatic rings. The Morgan fingerprint density at radius 1 is 0.576 bits per heavy atom. The summed E-state index contributed by atoms with van der Waals surface area (Å²) in [6, 6.07) is 2.39. The average Bonchev–Trinajstić information content (AvgIpc) is 1.55. The zero-order valence-electron chi connectivity index (χ0n) is 79.6. The number of Topliss-reactive ketones (excluding diaryl/α,β-unsaturated/α-hetero) is 3. The number of primary amides is 2. The summed E-state index contributed by atoms with van der Waals surface area (Å²) < 4.78 is 5.36. The van der Waals surface area contributed by atoms with E-state index in [1.807, 2.05) is 13.8 Å². The van der Waals surface area contributed by atoms with Crippen molar-refractivity contribution < 1.29 is 101 Å². The van der Waals surface area contributed by atoms with Crippen LogP contribution in [0.15, 0.2) is 102 Å². The second kappa shape index (κ2) is 52.9. The number of aliphatic hydroxyl groups is 1. The van der Waals surface area contributed by atoms with Crippen LogP contribution in [0.2, 0.25) is 0 Å². The number of carboxylic acids is 1. The van der Waals surface area contributed by atoms with Crippen LogP contribution >= 0.6 is 11.8 Å². The third kappa shape index (κ3) is 31.0. The third-order valence-corrected chi connectivity index (χ3v) is 27.0. The summed E-state index contributed by atoms with van der Waals surface area (Å²) in [5.41, 5.74) is 26.6. The summed E-state index contributed by atoms with van der Waals surface area (Å²) in [4.78, 5) is 280. The minimum absolute atomic E-state index is 0.00118. The molecule has 2 saturated heterocycles. The summed E-state index contributed by atoms with van der Waals surface area (Å²) in [5.74, 6) is -21.5. The lowest BCUT2D eigenvalue weighted by atomic mass is 9.85. The Kier molecular flexibility index (Phi) is 41.6. The normalized spacial score (nSPS) is 25.3. The molecule has 2 aromatic heterocycles. The average molecular weight is 1950 g/mol. The van der Waals surface area contributed by atoms with Crippen LogP contribution in [-0.2, 0) is 106 Å². The molecule has 5 heterocycles. The number of guanidine groups is 1. The molecule has 16 atom stereocenters. The number of benzene rings is 3. The zero-order valence-corrected chi connectivity index (χ0v) is 80.4. The highest BCUT2D eigenvalue weighted by Crippen LogP contribution is 2.36. The molecule has 0 radical (unpaired) electrons. The van der Waals surface area contributed by atoms with E-state index in [2.05, 4.69) is 62.8 Å². The van der Waals surface area contributed by atoms with E-state index < -0.39 is 259 Å². The van der Waals surface area contributed by atoms with Gasteiger partial charge < -0.3 is 115 Å². The lowest BCUT2D eigenvalue weighted by molar-refractivity contribution is -0.149. The third-order valence-electron chi connectivity index (χ3n) is 26.0. The van der Waals surface area contributed by atoms with Gasteiger partial charge in [-0.1, -0.05) is 88.1 Å². The molecule has 3 aliphatic heterocycles. The number of carboxylic acid groups (broad SMARTS) is 1. The molecule has 43 heteroatoms. The first-order chi connectivity index (χ1) is 66.3. The molecule has 754 valence electrons. The number of ketones is 3. The zero-order chi connectivity index (χ0) is 101. The first-order valence-electron chi connectivity index (χ1n) is 47.2. The number of amides is 14. The number of aliphatic imine (C=N–C) groups is 1. The van der Waals surface area contributed by atoms with E-state index in [4.69, 9.17) is 33.1 Å². The maximum Gasteiger partial charge on any atom is 0.303 e. The molecule has 4 aliphatic rings. The Bertz CT molecular complexity index is 5330. The fraction of sp³-hybridized carbons (Fsp3) is 0.542. The van der Waals surface area contributed by atoms with Gasteiger partial charge in [0.1, 0.15) is 60.1 Å². The number of nitrogens with two attached hydrogens (primary N) is 4. The van der Waals surface area contributed by atoms with Crippen LogP contribution in [0, 0.1) is 23.2 Å². The van der Waals surface area contributed by atoms with Gasteiger partial charge in [-0.3, -0.25) is 96.7 Å². The number of aromatic nitrogens is 2. The number of aliphatic hydroxyl groups excluding tert-OH is 1. The highest BCUT2D eigenvalue weighted by molar-refractivity contribution is 8.00. The number of hydrogen-bond donors (Lipinski definition) is 18. The minimum atomic E-state index is -1.79. The SMILES string of the molecule is CCCC[C@H]1C(=O)N(C)[C@@H](CCCC)C(=O)N[C@@H](CCCNC(=N)N)C(=O)N[C@H](C(=O)CCC(N)=O)CSCC(=O)N[C@@H](Cc2ccc(OC)cc2)C(=O)N(C)[C@@H](C)C(=O)N[C@@H](CC(N)=O)C(=O)N2CCC[C@H]2C(=O)N[C@@H](CC2=CN=CC2)C(=O)N[C@@H](CCC(=O)O)C(=O)C2C[C@H](O)C[C@H]2C(=O)N[C@@H](Cc2c[nH]c3ccccc23)C(=O)C[C@@H](CCN)C(=O)N[C@@H](Cc2c[nH]c3ccccc23)C(=O)N1C. The van der Waals surface area contributed by atoms with Crippen molar-refractivity contribution in [3.63, 3.8) is 0 Å². The number of ether oxygens (including phenoxy) is 1. The van der Waals surface area contributed by atoms with Crippen molar-refractivity contribution >= 4 is 152 Å². The van der Waals surface area contributed by atoms with Gasteiger partial charge in [0.2, 0.25) is 82.7 Å². The Morgan fingerprint density at radius 3 is 1.77 bits per heavy atom. The Morgan fingerprint density at radius 2 is 1.16 bits per heavy atom. The maximum absolute atomic E-state index is 15.9. The van der Waals surface area contributed by atoms with Crippen molar-refractivity contribution in [2.75, 3.05) is 59.4 Å². The van der Waals surface area contributed by atoms with Crippen LogP contribution in [0.25, 0.3) is 21.8 Å². The summed E-state index contributed by atoms with van der Waals surface area (Å²) >= 11 is 0.817. The van der Waals surface area contributed by atoms with E-state index in [1.165, 1.54) is 57.4 Å². The van der Waals surface area contributed by atoms with Crippen molar-refractivity contribution in [2.24, 2.45) is 45.7 Å². The number of carbonyl (C=O) groups is 18. The van der Waals surface area contributed by atoms with Crippen LogP contribution in [-0.4, -0.2) is 296 Å². The molecule has 9 rings (SSSR count). The van der Waals surface area contributed by atoms with E-state index in [9.17, 15) is 53.4 Å². The molecular weight excluding hydrogens is 1820 g/mol. The van der Waals surface area contributed by atoms with Gasteiger partial charge in [0.25, 0.3) is 0 Å². The maximum atomic E-state index is 15.9. The summed E-state index contributed by atoms with van der Waals surface area (Å²) in [6.45, 7) is 4.67. The number of H-pyrrole nitrogens is 2. The quantitative estimate of drug-likeness (QED) is 0.0170. The molecule has 139 heavy (non-hydrogen) atoms. The molecule has 42 nitrogen and oxygen atoms in total. The highest BCUT2D eigenvalue weighted by Gasteiger charge is 2.48. The second-order valence-electron chi connectivity index (χ2n) is 36.0. The Labute approximate surface area is 809 Å². The molecular formula is C96H133N21O21S. The number of nitrogens with one attached hydrogen (secondary N) is 12. The summed E-state index contributed by atoms with van der Waals surface area (Å²) in [6.07, 6.45) is 1.20. The van der Waals surface area contributed by atoms with Crippen molar-refractivity contribution in [3.8, 4) is 5.75 Å². The van der Waals surface area contributed by atoms with Crippen molar-refractivity contribution in [1.29, 1.82) is 5.41 Å². The van der Waals surface area contributed by atoms with E-state index in [0.717, 1.165) is 21.6 Å².